The van der Waals surface area contributed by atoms with Gasteiger partial charge in [0.2, 0.25) is 17.6 Å². The van der Waals surface area contributed by atoms with Crippen molar-refractivity contribution in [3.8, 4) is 40.0 Å². The lowest BCUT2D eigenvalue weighted by Crippen LogP contribution is -2.51. The predicted molar refractivity (Wildman–Crippen MR) is 198 cm³/mol. The zero-order valence-electron chi connectivity index (χ0n) is 30.7. The maximum absolute atomic E-state index is 14.6. The Morgan fingerprint density at radius 1 is 0.964 bits per heavy atom. The van der Waals surface area contributed by atoms with Crippen LogP contribution in [0.15, 0.2) is 54.6 Å². The Hall–Kier alpha value is -4.43. The predicted octanol–water partition coefficient (Wildman–Crippen LogP) is 7.62. The molecule has 3 aliphatic carbocycles. The largest absolute Gasteiger partial charge is 0.481 e. The first kappa shape index (κ1) is 37.5. The molecule has 290 valence electrons. The summed E-state index contributed by atoms with van der Waals surface area (Å²) in [4.78, 5) is 22.8. The van der Waals surface area contributed by atoms with Gasteiger partial charge in [-0.3, -0.25) is 9.69 Å². The number of nitrogens with one attached hydrogen (secondary N) is 1. The van der Waals surface area contributed by atoms with E-state index in [0.29, 0.717) is 73.8 Å². The molecule has 3 atom stereocenters. The number of fused-ring (bicyclic) bond motifs is 2. The van der Waals surface area contributed by atoms with Crippen molar-refractivity contribution in [1.82, 2.24) is 20.2 Å². The second-order valence-corrected chi connectivity index (χ2v) is 15.8. The van der Waals surface area contributed by atoms with Crippen molar-refractivity contribution in [2.75, 3.05) is 20.8 Å². The van der Waals surface area contributed by atoms with E-state index in [9.17, 15) is 28.2 Å². The van der Waals surface area contributed by atoms with Crippen LogP contribution in [0.1, 0.15) is 72.9 Å². The van der Waals surface area contributed by atoms with Crippen molar-refractivity contribution in [1.29, 1.82) is 0 Å². The molecular weight excluding hydrogens is 737 g/mol. The molecule has 3 fully saturated rings. The van der Waals surface area contributed by atoms with E-state index < -0.39 is 40.8 Å². The summed E-state index contributed by atoms with van der Waals surface area (Å²) in [6, 6.07) is 16.4. The number of hydrogen-bond acceptors (Lipinski definition) is 9. The molecule has 0 spiro atoms. The minimum atomic E-state index is -4.79. The number of halogens is 4. The van der Waals surface area contributed by atoms with Gasteiger partial charge in [-0.05, 0) is 86.7 Å². The fraction of sp³-hybridized carbons (Fsp3) is 0.439. The number of nitrogens with zero attached hydrogens (tertiary/aromatic N) is 3. The summed E-state index contributed by atoms with van der Waals surface area (Å²) in [5.74, 6) is -1.12. The molecule has 1 aliphatic heterocycles. The lowest BCUT2D eigenvalue weighted by Gasteiger charge is -2.41. The Bertz CT molecular complexity index is 2160. The standard InChI is InChI=1S/C41H42ClF3N4O6/c1-39(52)18-25(19-39)46-20-22-10-12-32(47-35(22)53-2)30-9-5-8-29(34(30)42)26-6-4-7-28-27(26)11-13-33(28)55-37-31(41(43,44)45)16-23(36(48-37)54-3)21-49-15-14-24-17-40(24,49)38(50)51/h4-10,12,16,24-25,33,46,52H,11,13-15,17-21H2,1-3H3,(H,50,51)/t24-,25-,33+,39-,40+/m1/s1. The number of piperidine rings is 1. The van der Waals surface area contributed by atoms with E-state index in [-0.39, 0.29) is 29.9 Å². The summed E-state index contributed by atoms with van der Waals surface area (Å²) in [5, 5.41) is 23.9. The Morgan fingerprint density at radius 2 is 1.67 bits per heavy atom. The molecule has 2 aromatic heterocycles. The van der Waals surface area contributed by atoms with Crippen molar-refractivity contribution in [3.05, 3.63) is 87.4 Å². The minimum absolute atomic E-state index is 0.00395. The van der Waals surface area contributed by atoms with Gasteiger partial charge in [0.15, 0.2) is 0 Å². The molecule has 10 nitrogen and oxygen atoms in total. The Labute approximate surface area is 321 Å². The molecule has 8 rings (SSSR count). The number of aliphatic carboxylic acids is 1. The fourth-order valence-electron chi connectivity index (χ4n) is 8.88. The van der Waals surface area contributed by atoms with E-state index in [1.165, 1.54) is 7.11 Å². The van der Waals surface area contributed by atoms with Gasteiger partial charge in [0.1, 0.15) is 17.2 Å². The van der Waals surface area contributed by atoms with Crippen molar-refractivity contribution >= 4 is 17.6 Å². The number of carboxylic acids is 1. The summed E-state index contributed by atoms with van der Waals surface area (Å²) in [5.41, 5.74) is 2.88. The van der Waals surface area contributed by atoms with Gasteiger partial charge in [-0.25, -0.2) is 4.98 Å². The Balaban J connectivity index is 1.05. The number of pyridine rings is 2. The maximum Gasteiger partial charge on any atom is 0.421 e. The summed E-state index contributed by atoms with van der Waals surface area (Å²) < 4.78 is 61.1. The number of aromatic nitrogens is 2. The van der Waals surface area contributed by atoms with Crippen molar-refractivity contribution < 1.29 is 42.4 Å². The molecule has 3 N–H and O–H groups in total. The van der Waals surface area contributed by atoms with Crippen LogP contribution in [-0.2, 0) is 30.5 Å². The first-order valence-electron chi connectivity index (χ1n) is 18.4. The molecule has 3 heterocycles. The monoisotopic (exact) mass is 778 g/mol. The third-order valence-electron chi connectivity index (χ3n) is 11.8. The molecule has 14 heteroatoms. The second kappa shape index (κ2) is 13.9. The normalized spacial score (nSPS) is 25.6. The van der Waals surface area contributed by atoms with E-state index in [4.69, 9.17) is 30.8 Å². The quantitative estimate of drug-likeness (QED) is 0.132. The number of alkyl halides is 3. The van der Waals surface area contributed by atoms with Crippen molar-refractivity contribution in [2.45, 2.75) is 88.0 Å². The number of carbonyl (C=O) groups is 1. The second-order valence-electron chi connectivity index (χ2n) is 15.4. The van der Waals surface area contributed by atoms with E-state index in [1.54, 1.807) is 12.0 Å². The number of methoxy groups -OCH3 is 2. The van der Waals surface area contributed by atoms with Crippen LogP contribution >= 0.6 is 11.6 Å². The highest BCUT2D eigenvalue weighted by molar-refractivity contribution is 6.36. The lowest BCUT2D eigenvalue weighted by molar-refractivity contribution is -0.145. The third kappa shape index (κ3) is 6.79. The fourth-order valence-corrected chi connectivity index (χ4v) is 9.20. The van der Waals surface area contributed by atoms with Gasteiger partial charge in [-0.2, -0.15) is 18.2 Å². The van der Waals surface area contributed by atoms with Crippen LogP contribution < -0.4 is 19.5 Å². The molecular formula is C41H42ClF3N4O6. The number of aliphatic hydroxyl groups is 1. The van der Waals surface area contributed by atoms with Gasteiger partial charge in [0.05, 0.1) is 30.5 Å². The van der Waals surface area contributed by atoms with Crippen molar-refractivity contribution in [3.63, 3.8) is 0 Å². The van der Waals surface area contributed by atoms with Crippen molar-refractivity contribution in [2.24, 2.45) is 5.92 Å². The van der Waals surface area contributed by atoms with E-state index >= 15 is 0 Å². The third-order valence-corrected chi connectivity index (χ3v) is 12.2. The van der Waals surface area contributed by atoms with Gasteiger partial charge in [0, 0.05) is 41.4 Å². The molecule has 4 aliphatic rings. The zero-order valence-corrected chi connectivity index (χ0v) is 31.4. The molecule has 4 aromatic rings. The van der Waals surface area contributed by atoms with Gasteiger partial charge in [-0.1, -0.05) is 54.1 Å². The number of hydrogen-bond donors (Lipinski definition) is 3. The molecule has 2 saturated carbocycles. The highest BCUT2D eigenvalue weighted by Crippen LogP contribution is 2.56. The number of benzene rings is 2. The van der Waals surface area contributed by atoms with Gasteiger partial charge in [0.25, 0.3) is 0 Å². The molecule has 0 unspecified atom stereocenters. The van der Waals surface area contributed by atoms with Crippen LogP contribution in [-0.4, -0.2) is 69.0 Å². The lowest BCUT2D eigenvalue weighted by atomic mass is 9.77. The van der Waals surface area contributed by atoms with Crippen LogP contribution in [0, 0.1) is 5.92 Å². The van der Waals surface area contributed by atoms with E-state index in [0.717, 1.165) is 33.9 Å². The SMILES string of the molecule is COc1nc(-c2cccc(-c3cccc4c3CC[C@@H]4Oc3nc(OC)c(CN4CC[C@@H]5C[C@@]54C(=O)O)cc3C(F)(F)F)c2Cl)ccc1CN[C@H]1C[C@](C)(O)C1. The molecule has 2 aromatic carbocycles. The average molecular weight is 779 g/mol. The topological polar surface area (TPSA) is 126 Å². The number of carboxylic acid groups (broad SMARTS) is 1. The van der Waals surface area contributed by atoms with Gasteiger partial charge < -0.3 is 29.7 Å². The number of rotatable bonds is 12. The van der Waals surface area contributed by atoms with E-state index in [2.05, 4.69) is 10.3 Å². The molecule has 55 heavy (non-hydrogen) atoms. The number of likely N-dealkylation sites (tertiary alicyclic amines) is 1. The maximum atomic E-state index is 14.6. The first-order chi connectivity index (χ1) is 26.2. The van der Waals surface area contributed by atoms with Gasteiger partial charge in [-0.15, -0.1) is 0 Å². The molecule has 0 amide bonds. The molecule has 0 radical (unpaired) electrons. The van der Waals surface area contributed by atoms with Crippen LogP contribution in [0.4, 0.5) is 13.2 Å². The smallest absolute Gasteiger partial charge is 0.421 e. The van der Waals surface area contributed by atoms with Crippen LogP contribution in [0.5, 0.6) is 17.6 Å². The average Bonchev–Trinajstić information content (AvgIpc) is 3.59. The van der Waals surface area contributed by atoms with Crippen LogP contribution in [0.25, 0.3) is 22.4 Å². The molecule has 0 bridgehead atoms. The highest BCUT2D eigenvalue weighted by atomic mass is 35.5. The summed E-state index contributed by atoms with van der Waals surface area (Å²) >= 11 is 7.12. The number of ether oxygens (including phenoxy) is 3. The van der Waals surface area contributed by atoms with Crippen LogP contribution in [0.2, 0.25) is 5.02 Å². The summed E-state index contributed by atoms with van der Waals surface area (Å²) in [6.07, 6.45) is -2.04. The summed E-state index contributed by atoms with van der Waals surface area (Å²) in [7, 11) is 2.90. The zero-order chi connectivity index (χ0) is 38.9. The minimum Gasteiger partial charge on any atom is -0.481 e. The van der Waals surface area contributed by atoms with Crippen LogP contribution in [0.3, 0.4) is 0 Å². The van der Waals surface area contributed by atoms with Gasteiger partial charge >= 0.3 is 12.1 Å². The molecule has 1 saturated heterocycles. The first-order valence-corrected chi connectivity index (χ1v) is 18.8. The van der Waals surface area contributed by atoms with E-state index in [1.807, 2.05) is 55.5 Å². The highest BCUT2D eigenvalue weighted by Gasteiger charge is 2.67. The summed E-state index contributed by atoms with van der Waals surface area (Å²) in [6.45, 7) is 2.80. The Kier molecular flexibility index (Phi) is 9.51. The Morgan fingerprint density at radius 3 is 2.36 bits per heavy atom.